The number of amides is 1. The van der Waals surface area contributed by atoms with Crippen LogP contribution in [0.2, 0.25) is 0 Å². The molecule has 4 rings (SSSR count). The molecule has 4 aromatic rings. The highest BCUT2D eigenvalue weighted by Crippen LogP contribution is 2.30. The number of fused-ring (bicyclic) bond motifs is 2. The summed E-state index contributed by atoms with van der Waals surface area (Å²) in [6.45, 7) is 3.51. The molecule has 0 atom stereocenters. The third-order valence-corrected chi connectivity index (χ3v) is 5.71. The zero-order chi connectivity index (χ0) is 17.2. The molecule has 2 aromatic heterocycles. The Kier molecular flexibility index (Phi) is 4.24. The SMILES string of the molecule is Cc1c(C(=O)NCCCn2cnc3ccccc32)sc2ccccc12. The van der Waals surface area contributed by atoms with Crippen molar-refractivity contribution < 1.29 is 4.79 Å². The Morgan fingerprint density at radius 3 is 2.84 bits per heavy atom. The summed E-state index contributed by atoms with van der Waals surface area (Å²) in [4.78, 5) is 17.7. The lowest BCUT2D eigenvalue weighted by atomic mass is 10.1. The van der Waals surface area contributed by atoms with Crippen molar-refractivity contribution >= 4 is 38.4 Å². The molecule has 0 bridgehead atoms. The van der Waals surface area contributed by atoms with E-state index in [2.05, 4.69) is 33.1 Å². The van der Waals surface area contributed by atoms with Crippen LogP contribution in [0.3, 0.4) is 0 Å². The van der Waals surface area contributed by atoms with E-state index in [9.17, 15) is 4.79 Å². The predicted molar refractivity (Wildman–Crippen MR) is 103 cm³/mol. The summed E-state index contributed by atoms with van der Waals surface area (Å²) in [6, 6.07) is 16.3. The van der Waals surface area contributed by atoms with Crippen LogP contribution < -0.4 is 5.32 Å². The van der Waals surface area contributed by atoms with Crippen molar-refractivity contribution in [3.8, 4) is 0 Å². The molecule has 0 radical (unpaired) electrons. The first-order chi connectivity index (χ1) is 12.2. The van der Waals surface area contributed by atoms with Crippen molar-refractivity contribution in [3.63, 3.8) is 0 Å². The minimum Gasteiger partial charge on any atom is -0.351 e. The van der Waals surface area contributed by atoms with Gasteiger partial charge in [-0.05, 0) is 42.5 Å². The number of rotatable bonds is 5. The van der Waals surface area contributed by atoms with Gasteiger partial charge < -0.3 is 9.88 Å². The van der Waals surface area contributed by atoms with E-state index >= 15 is 0 Å². The van der Waals surface area contributed by atoms with Gasteiger partial charge in [-0.1, -0.05) is 30.3 Å². The van der Waals surface area contributed by atoms with Crippen LogP contribution in [0.1, 0.15) is 21.7 Å². The third-order valence-electron chi connectivity index (χ3n) is 4.44. The van der Waals surface area contributed by atoms with E-state index in [1.807, 2.05) is 43.6 Å². The molecule has 126 valence electrons. The maximum Gasteiger partial charge on any atom is 0.261 e. The summed E-state index contributed by atoms with van der Waals surface area (Å²) in [5, 5.41) is 4.22. The van der Waals surface area contributed by atoms with Gasteiger partial charge in [-0.15, -0.1) is 11.3 Å². The minimum absolute atomic E-state index is 0.0224. The number of thiophene rings is 1. The number of carbonyl (C=O) groups excluding carboxylic acids is 1. The Balaban J connectivity index is 1.38. The molecule has 0 saturated carbocycles. The predicted octanol–water partition coefficient (Wildman–Crippen LogP) is 4.38. The molecule has 0 fully saturated rings. The van der Waals surface area contributed by atoms with Gasteiger partial charge in [0.1, 0.15) is 0 Å². The molecule has 0 spiro atoms. The van der Waals surface area contributed by atoms with Crippen LogP contribution in [0.5, 0.6) is 0 Å². The Bertz CT molecular complexity index is 1050. The van der Waals surface area contributed by atoms with Gasteiger partial charge in [0.05, 0.1) is 22.2 Å². The van der Waals surface area contributed by atoms with Crippen LogP contribution in [0.15, 0.2) is 54.9 Å². The molecule has 0 unspecified atom stereocenters. The molecule has 1 N–H and O–H groups in total. The third kappa shape index (κ3) is 3.03. The average molecular weight is 349 g/mol. The van der Waals surface area contributed by atoms with Gasteiger partial charge in [0.15, 0.2) is 0 Å². The summed E-state index contributed by atoms with van der Waals surface area (Å²) in [7, 11) is 0. The van der Waals surface area contributed by atoms with E-state index in [0.29, 0.717) is 6.54 Å². The molecular formula is C20H19N3OS. The summed E-state index contributed by atoms with van der Waals surface area (Å²) in [5.74, 6) is 0.0224. The molecule has 0 saturated heterocycles. The van der Waals surface area contributed by atoms with E-state index in [1.54, 1.807) is 11.3 Å². The van der Waals surface area contributed by atoms with Gasteiger partial charge in [-0.25, -0.2) is 4.98 Å². The summed E-state index contributed by atoms with van der Waals surface area (Å²) < 4.78 is 3.29. The first kappa shape index (κ1) is 15.8. The number of carbonyl (C=O) groups is 1. The molecule has 2 aromatic carbocycles. The number of para-hydroxylation sites is 2. The van der Waals surface area contributed by atoms with Crippen molar-refractivity contribution in [2.45, 2.75) is 19.9 Å². The number of benzene rings is 2. The summed E-state index contributed by atoms with van der Waals surface area (Å²) in [6.07, 6.45) is 2.73. The molecule has 0 aliphatic heterocycles. The zero-order valence-electron chi connectivity index (χ0n) is 14.0. The van der Waals surface area contributed by atoms with Crippen LogP contribution in [-0.4, -0.2) is 22.0 Å². The van der Waals surface area contributed by atoms with E-state index in [1.165, 1.54) is 5.39 Å². The first-order valence-electron chi connectivity index (χ1n) is 8.40. The first-order valence-corrected chi connectivity index (χ1v) is 9.22. The van der Waals surface area contributed by atoms with E-state index in [4.69, 9.17) is 0 Å². The molecule has 25 heavy (non-hydrogen) atoms. The van der Waals surface area contributed by atoms with E-state index in [-0.39, 0.29) is 5.91 Å². The number of nitrogens with zero attached hydrogens (tertiary/aromatic N) is 2. The minimum atomic E-state index is 0.0224. The Hall–Kier alpha value is -2.66. The second-order valence-corrected chi connectivity index (χ2v) is 7.14. The molecule has 1 amide bonds. The van der Waals surface area contributed by atoms with Gasteiger partial charge >= 0.3 is 0 Å². The van der Waals surface area contributed by atoms with Crippen molar-refractivity contribution in [2.75, 3.05) is 6.54 Å². The van der Waals surface area contributed by atoms with Crippen molar-refractivity contribution in [2.24, 2.45) is 0 Å². The second-order valence-electron chi connectivity index (χ2n) is 6.09. The van der Waals surface area contributed by atoms with E-state index < -0.39 is 0 Å². The largest absolute Gasteiger partial charge is 0.351 e. The number of imidazole rings is 1. The average Bonchev–Trinajstić information content (AvgIpc) is 3.20. The Labute approximate surface area is 150 Å². The summed E-state index contributed by atoms with van der Waals surface area (Å²) in [5.41, 5.74) is 3.21. The van der Waals surface area contributed by atoms with Gasteiger partial charge in [0.2, 0.25) is 0 Å². The highest BCUT2D eigenvalue weighted by atomic mass is 32.1. The Morgan fingerprint density at radius 1 is 1.16 bits per heavy atom. The van der Waals surface area contributed by atoms with Crippen molar-refractivity contribution in [1.82, 2.24) is 14.9 Å². The number of nitrogens with one attached hydrogen (secondary N) is 1. The number of hydrogen-bond acceptors (Lipinski definition) is 3. The molecule has 5 heteroatoms. The number of aromatic nitrogens is 2. The topological polar surface area (TPSA) is 46.9 Å². The fourth-order valence-electron chi connectivity index (χ4n) is 3.11. The number of aryl methyl sites for hydroxylation is 2. The van der Waals surface area contributed by atoms with Crippen LogP contribution in [0.25, 0.3) is 21.1 Å². The lowest BCUT2D eigenvalue weighted by molar-refractivity contribution is 0.0956. The van der Waals surface area contributed by atoms with Crippen LogP contribution >= 0.6 is 11.3 Å². The van der Waals surface area contributed by atoms with Crippen molar-refractivity contribution in [1.29, 1.82) is 0 Å². The van der Waals surface area contributed by atoms with Gasteiger partial charge in [-0.2, -0.15) is 0 Å². The molecule has 0 aliphatic rings. The van der Waals surface area contributed by atoms with Crippen LogP contribution in [0.4, 0.5) is 0 Å². The van der Waals surface area contributed by atoms with Gasteiger partial charge in [0, 0.05) is 17.8 Å². The lowest BCUT2D eigenvalue weighted by Crippen LogP contribution is -2.25. The smallest absolute Gasteiger partial charge is 0.261 e. The summed E-state index contributed by atoms with van der Waals surface area (Å²) >= 11 is 1.56. The maximum absolute atomic E-state index is 12.5. The monoisotopic (exact) mass is 349 g/mol. The fourth-order valence-corrected chi connectivity index (χ4v) is 4.24. The van der Waals surface area contributed by atoms with E-state index in [0.717, 1.165) is 39.1 Å². The maximum atomic E-state index is 12.5. The normalized spacial score (nSPS) is 11.2. The van der Waals surface area contributed by atoms with Gasteiger partial charge in [0.25, 0.3) is 5.91 Å². The quantitative estimate of drug-likeness (QED) is 0.544. The van der Waals surface area contributed by atoms with Crippen molar-refractivity contribution in [3.05, 3.63) is 65.3 Å². The fraction of sp³-hybridized carbons (Fsp3) is 0.200. The highest BCUT2D eigenvalue weighted by molar-refractivity contribution is 7.21. The molecule has 4 nitrogen and oxygen atoms in total. The highest BCUT2D eigenvalue weighted by Gasteiger charge is 2.14. The Morgan fingerprint density at radius 2 is 1.96 bits per heavy atom. The standard InChI is InChI=1S/C20H19N3OS/c1-14-15-7-2-5-10-18(15)25-19(14)20(24)21-11-6-12-23-13-22-16-8-3-4-9-17(16)23/h2-5,7-10,13H,6,11-12H2,1H3,(H,21,24). The van der Waals surface area contributed by atoms with Crippen LogP contribution in [0, 0.1) is 6.92 Å². The van der Waals surface area contributed by atoms with Crippen LogP contribution in [-0.2, 0) is 6.54 Å². The lowest BCUT2D eigenvalue weighted by Gasteiger charge is -2.06. The molecular weight excluding hydrogens is 330 g/mol. The molecule has 0 aliphatic carbocycles. The molecule has 2 heterocycles. The second kappa shape index (κ2) is 6.69. The van der Waals surface area contributed by atoms with Gasteiger partial charge in [-0.3, -0.25) is 4.79 Å². The zero-order valence-corrected chi connectivity index (χ0v) is 14.8. The number of hydrogen-bond donors (Lipinski definition) is 1.